The minimum Gasteiger partial charge on any atom is -0.495 e. The van der Waals surface area contributed by atoms with Gasteiger partial charge in [-0.25, -0.2) is 4.79 Å². The highest BCUT2D eigenvalue weighted by atomic mass is 35.5. The molecule has 0 aliphatic heterocycles. The molecule has 8 heteroatoms. The van der Waals surface area contributed by atoms with Gasteiger partial charge in [0.15, 0.2) is 6.61 Å². The number of rotatable bonds is 6. The number of aryl methyl sites for hydroxylation is 1. The molecule has 31 heavy (non-hydrogen) atoms. The van der Waals surface area contributed by atoms with Crippen molar-refractivity contribution in [1.82, 2.24) is 4.98 Å². The van der Waals surface area contributed by atoms with E-state index in [1.54, 1.807) is 6.07 Å². The first-order valence-corrected chi connectivity index (χ1v) is 10.2. The summed E-state index contributed by atoms with van der Waals surface area (Å²) in [4.78, 5) is 30.1. The molecule has 1 aliphatic rings. The first-order valence-electron chi connectivity index (χ1n) is 9.80. The van der Waals surface area contributed by atoms with Gasteiger partial charge in [0.1, 0.15) is 11.5 Å². The summed E-state index contributed by atoms with van der Waals surface area (Å²) in [6.07, 6.45) is 2.54. The Hall–Kier alpha value is -3.32. The highest BCUT2D eigenvalue weighted by Gasteiger charge is 2.25. The van der Waals surface area contributed by atoms with Crippen LogP contribution in [-0.2, 0) is 22.4 Å². The van der Waals surface area contributed by atoms with Crippen molar-refractivity contribution in [2.24, 2.45) is 0 Å². The Bertz CT molecular complexity index is 1180. The SMILES string of the molecule is COc1cc(OC)c(NC(=O)COC(=O)c2c3c(nc4ccccc24)CCC3)cc1Cl. The van der Waals surface area contributed by atoms with E-state index in [2.05, 4.69) is 10.3 Å². The largest absolute Gasteiger partial charge is 0.495 e. The lowest BCUT2D eigenvalue weighted by molar-refractivity contribution is -0.119. The summed E-state index contributed by atoms with van der Waals surface area (Å²) in [7, 11) is 2.95. The van der Waals surface area contributed by atoms with Crippen LogP contribution in [0.3, 0.4) is 0 Å². The van der Waals surface area contributed by atoms with Gasteiger partial charge in [-0.2, -0.15) is 0 Å². The number of nitrogens with zero attached hydrogens (tertiary/aromatic N) is 1. The summed E-state index contributed by atoms with van der Waals surface area (Å²) >= 11 is 6.14. The van der Waals surface area contributed by atoms with Gasteiger partial charge in [-0.05, 0) is 37.0 Å². The van der Waals surface area contributed by atoms with E-state index in [9.17, 15) is 9.59 Å². The fourth-order valence-corrected chi connectivity index (χ4v) is 4.03. The Morgan fingerprint density at radius 1 is 1.10 bits per heavy atom. The Balaban J connectivity index is 1.52. The number of para-hydroxylation sites is 1. The molecule has 1 amide bonds. The minimum absolute atomic E-state index is 0.314. The molecular weight excluding hydrogens is 420 g/mol. The Morgan fingerprint density at radius 2 is 1.87 bits per heavy atom. The molecule has 0 saturated carbocycles. The number of amides is 1. The number of pyridine rings is 1. The predicted octanol–water partition coefficient (Wildman–Crippen LogP) is 4.19. The fraction of sp³-hybridized carbons (Fsp3) is 0.261. The number of ether oxygens (including phenoxy) is 3. The smallest absolute Gasteiger partial charge is 0.339 e. The van der Waals surface area contributed by atoms with E-state index in [0.29, 0.717) is 27.8 Å². The Kier molecular flexibility index (Phi) is 5.95. The predicted molar refractivity (Wildman–Crippen MR) is 117 cm³/mol. The molecule has 0 unspecified atom stereocenters. The zero-order valence-electron chi connectivity index (χ0n) is 17.2. The average Bonchev–Trinajstić information content (AvgIpc) is 3.24. The zero-order valence-corrected chi connectivity index (χ0v) is 17.9. The molecule has 0 bridgehead atoms. The van der Waals surface area contributed by atoms with Gasteiger partial charge in [0.2, 0.25) is 0 Å². The monoisotopic (exact) mass is 440 g/mol. The normalized spacial score (nSPS) is 12.4. The van der Waals surface area contributed by atoms with Gasteiger partial charge in [-0.3, -0.25) is 9.78 Å². The summed E-state index contributed by atoms with van der Waals surface area (Å²) in [6.45, 7) is -0.447. The van der Waals surface area contributed by atoms with E-state index < -0.39 is 18.5 Å². The first-order chi connectivity index (χ1) is 15.0. The number of hydrogen-bond acceptors (Lipinski definition) is 6. The number of halogens is 1. The van der Waals surface area contributed by atoms with Crippen molar-refractivity contribution < 1.29 is 23.8 Å². The van der Waals surface area contributed by atoms with E-state index in [1.807, 2.05) is 24.3 Å². The van der Waals surface area contributed by atoms with Crippen molar-refractivity contribution in [3.05, 3.63) is 58.2 Å². The van der Waals surface area contributed by atoms with Crippen molar-refractivity contribution in [1.29, 1.82) is 0 Å². The van der Waals surface area contributed by atoms with Crippen molar-refractivity contribution in [3.8, 4) is 11.5 Å². The molecule has 7 nitrogen and oxygen atoms in total. The van der Waals surface area contributed by atoms with Crippen LogP contribution in [-0.4, -0.2) is 37.7 Å². The summed E-state index contributed by atoms with van der Waals surface area (Å²) in [5, 5.41) is 3.70. The Morgan fingerprint density at radius 3 is 2.65 bits per heavy atom. The number of methoxy groups -OCH3 is 2. The van der Waals surface area contributed by atoms with Crippen LogP contribution in [0, 0.1) is 0 Å². The van der Waals surface area contributed by atoms with Crippen molar-refractivity contribution in [3.63, 3.8) is 0 Å². The van der Waals surface area contributed by atoms with Gasteiger partial charge in [0, 0.05) is 17.1 Å². The van der Waals surface area contributed by atoms with Gasteiger partial charge in [-0.1, -0.05) is 29.8 Å². The maximum atomic E-state index is 12.9. The third-order valence-electron chi connectivity index (χ3n) is 5.21. The van der Waals surface area contributed by atoms with Crippen molar-refractivity contribution >= 4 is 40.1 Å². The van der Waals surface area contributed by atoms with Crippen LogP contribution in [0.15, 0.2) is 36.4 Å². The summed E-state index contributed by atoms with van der Waals surface area (Å²) in [6, 6.07) is 10.5. The maximum absolute atomic E-state index is 12.9. The van der Waals surface area contributed by atoms with Gasteiger partial charge in [0.05, 0.1) is 36.0 Å². The lowest BCUT2D eigenvalue weighted by Crippen LogP contribution is -2.22. The van der Waals surface area contributed by atoms with Crippen LogP contribution in [0.1, 0.15) is 28.0 Å². The van der Waals surface area contributed by atoms with Crippen LogP contribution < -0.4 is 14.8 Å². The third kappa shape index (κ3) is 4.14. The number of carbonyl (C=O) groups is 2. The Labute approximate surface area is 184 Å². The van der Waals surface area contributed by atoms with Gasteiger partial charge < -0.3 is 19.5 Å². The van der Waals surface area contributed by atoms with Crippen LogP contribution >= 0.6 is 11.6 Å². The molecule has 1 N–H and O–H groups in total. The number of benzene rings is 2. The van der Waals surface area contributed by atoms with E-state index in [1.165, 1.54) is 20.3 Å². The summed E-state index contributed by atoms with van der Waals surface area (Å²) in [5.74, 6) is -0.255. The van der Waals surface area contributed by atoms with E-state index in [-0.39, 0.29) is 0 Å². The molecule has 1 aliphatic carbocycles. The molecule has 0 radical (unpaired) electrons. The van der Waals surface area contributed by atoms with Crippen LogP contribution in [0.25, 0.3) is 10.9 Å². The number of aromatic nitrogens is 1. The van der Waals surface area contributed by atoms with E-state index in [4.69, 9.17) is 25.8 Å². The summed E-state index contributed by atoms with van der Waals surface area (Å²) in [5.41, 5.74) is 3.43. The lowest BCUT2D eigenvalue weighted by atomic mass is 10.0. The maximum Gasteiger partial charge on any atom is 0.339 e. The fourth-order valence-electron chi connectivity index (χ4n) is 3.79. The average molecular weight is 441 g/mol. The van der Waals surface area contributed by atoms with Gasteiger partial charge >= 0.3 is 5.97 Å². The number of nitrogens with one attached hydrogen (secondary N) is 1. The molecule has 4 rings (SSSR count). The van der Waals surface area contributed by atoms with Crippen LogP contribution in [0.5, 0.6) is 11.5 Å². The van der Waals surface area contributed by atoms with Crippen molar-refractivity contribution in [2.75, 3.05) is 26.1 Å². The number of anilines is 1. The highest BCUT2D eigenvalue weighted by molar-refractivity contribution is 6.32. The van der Waals surface area contributed by atoms with E-state index >= 15 is 0 Å². The second kappa shape index (κ2) is 8.81. The number of hydrogen-bond donors (Lipinski definition) is 1. The third-order valence-corrected chi connectivity index (χ3v) is 5.50. The van der Waals surface area contributed by atoms with Crippen LogP contribution in [0.4, 0.5) is 5.69 Å². The molecule has 0 atom stereocenters. The molecule has 1 heterocycles. The lowest BCUT2D eigenvalue weighted by Gasteiger charge is -2.14. The summed E-state index contributed by atoms with van der Waals surface area (Å²) < 4.78 is 15.8. The second-order valence-electron chi connectivity index (χ2n) is 7.09. The molecule has 0 spiro atoms. The van der Waals surface area contributed by atoms with Crippen molar-refractivity contribution in [2.45, 2.75) is 19.3 Å². The molecule has 1 aromatic heterocycles. The molecule has 2 aromatic carbocycles. The van der Waals surface area contributed by atoms with Gasteiger partial charge in [0.25, 0.3) is 5.91 Å². The molecule has 3 aromatic rings. The zero-order chi connectivity index (χ0) is 22.0. The second-order valence-corrected chi connectivity index (χ2v) is 7.50. The minimum atomic E-state index is -0.536. The molecule has 0 fully saturated rings. The van der Waals surface area contributed by atoms with Crippen LogP contribution in [0.2, 0.25) is 5.02 Å². The number of fused-ring (bicyclic) bond motifs is 2. The van der Waals surface area contributed by atoms with E-state index in [0.717, 1.165) is 41.4 Å². The first kappa shape index (κ1) is 20.9. The number of carbonyl (C=O) groups excluding carboxylic acids is 2. The molecular formula is C23H21ClN2O5. The topological polar surface area (TPSA) is 86.8 Å². The quantitative estimate of drug-likeness (QED) is 0.578. The molecule has 160 valence electrons. The van der Waals surface area contributed by atoms with Gasteiger partial charge in [-0.15, -0.1) is 0 Å². The highest BCUT2D eigenvalue weighted by Crippen LogP contribution is 2.36. The molecule has 0 saturated heterocycles. The number of esters is 1. The standard InChI is InChI=1S/C23H21ClN2O5/c1-29-19-11-20(30-2)18(10-15(19)24)26-21(27)12-31-23(28)22-13-6-3-4-8-16(13)25-17-9-5-7-14(17)22/h3-4,6,8,10-11H,5,7,9,12H2,1-2H3,(H,26,27).